The van der Waals surface area contributed by atoms with Gasteiger partial charge in [0.25, 0.3) is 5.56 Å². The molecule has 3 aromatic heterocycles. The predicted octanol–water partition coefficient (Wildman–Crippen LogP) is 0.888. The van der Waals surface area contributed by atoms with Gasteiger partial charge in [0.05, 0.1) is 23.5 Å². The van der Waals surface area contributed by atoms with E-state index in [1.165, 1.54) is 36.1 Å². The lowest BCUT2D eigenvalue weighted by Gasteiger charge is -2.09. The summed E-state index contributed by atoms with van der Waals surface area (Å²) in [6.07, 6.45) is 1.68. The van der Waals surface area contributed by atoms with Gasteiger partial charge in [0.1, 0.15) is 11.6 Å². The normalized spacial score (nSPS) is 10.7. The summed E-state index contributed by atoms with van der Waals surface area (Å²) in [4.78, 5) is 44.2. The summed E-state index contributed by atoms with van der Waals surface area (Å²) in [6, 6.07) is 6.81. The molecule has 0 aliphatic rings. The first kappa shape index (κ1) is 17.7. The monoisotopic (exact) mass is 372 g/mol. The van der Waals surface area contributed by atoms with Crippen molar-refractivity contribution in [2.45, 2.75) is 13.0 Å². The summed E-state index contributed by atoms with van der Waals surface area (Å²) in [5.41, 5.74) is 0.742. The molecule has 0 unspecified atom stereocenters. The summed E-state index contributed by atoms with van der Waals surface area (Å²) < 4.78 is 7.44. The van der Waals surface area contributed by atoms with E-state index in [4.69, 9.17) is 4.74 Å². The lowest BCUT2D eigenvalue weighted by molar-refractivity contribution is -0.144. The predicted molar refractivity (Wildman–Crippen MR) is 95.8 cm³/mol. The molecule has 0 aliphatic carbocycles. The number of nitrogens with zero attached hydrogens (tertiary/aromatic N) is 4. The van der Waals surface area contributed by atoms with Gasteiger partial charge in [0, 0.05) is 31.7 Å². The topological polar surface area (TPSA) is 96.1 Å². The molecular formula is C17H16N4O4S. The summed E-state index contributed by atoms with van der Waals surface area (Å²) in [6.45, 7) is -0.155. The zero-order valence-corrected chi connectivity index (χ0v) is 15.0. The number of carbonyl (C=O) groups excluding carboxylic acids is 1. The Morgan fingerprint density at radius 2 is 2.04 bits per heavy atom. The first-order valence-corrected chi connectivity index (χ1v) is 8.61. The zero-order chi connectivity index (χ0) is 18.7. The van der Waals surface area contributed by atoms with Gasteiger partial charge in [-0.05, 0) is 12.1 Å². The minimum Gasteiger partial charge on any atom is -0.459 e. The summed E-state index contributed by atoms with van der Waals surface area (Å²) in [5, 5.41) is 2.50. The molecule has 0 atom stereocenters. The highest BCUT2D eigenvalue weighted by molar-refractivity contribution is 7.13. The highest BCUT2D eigenvalue weighted by Gasteiger charge is 2.12. The Bertz CT molecular complexity index is 1050. The number of hydrogen-bond acceptors (Lipinski definition) is 7. The Morgan fingerprint density at radius 3 is 2.77 bits per heavy atom. The van der Waals surface area contributed by atoms with Crippen LogP contribution in [-0.4, -0.2) is 25.1 Å². The molecule has 0 aliphatic heterocycles. The maximum Gasteiger partial charge on any atom is 0.330 e. The Kier molecular flexibility index (Phi) is 5.08. The van der Waals surface area contributed by atoms with Crippen LogP contribution in [0.4, 0.5) is 0 Å². The molecule has 9 heteroatoms. The molecule has 0 bridgehead atoms. The van der Waals surface area contributed by atoms with Crippen molar-refractivity contribution < 1.29 is 9.53 Å². The van der Waals surface area contributed by atoms with Crippen molar-refractivity contribution in [1.82, 2.24) is 19.1 Å². The third kappa shape index (κ3) is 3.77. The van der Waals surface area contributed by atoms with E-state index in [1.807, 2.05) is 18.2 Å². The lowest BCUT2D eigenvalue weighted by atomic mass is 10.3. The van der Waals surface area contributed by atoms with Gasteiger partial charge in [-0.2, -0.15) is 0 Å². The van der Waals surface area contributed by atoms with Crippen molar-refractivity contribution >= 4 is 17.3 Å². The smallest absolute Gasteiger partial charge is 0.330 e. The fourth-order valence-corrected chi connectivity index (χ4v) is 3.06. The Labute approximate surface area is 152 Å². The quantitative estimate of drug-likeness (QED) is 0.617. The largest absolute Gasteiger partial charge is 0.459 e. The highest BCUT2D eigenvalue weighted by Crippen LogP contribution is 2.21. The molecule has 3 heterocycles. The number of hydrogen-bond donors (Lipinski definition) is 0. The van der Waals surface area contributed by atoms with E-state index in [2.05, 4.69) is 9.97 Å². The Balaban J connectivity index is 1.65. The molecule has 3 aromatic rings. The van der Waals surface area contributed by atoms with Gasteiger partial charge in [0.2, 0.25) is 0 Å². The molecule has 8 nitrogen and oxygen atoms in total. The van der Waals surface area contributed by atoms with Crippen molar-refractivity contribution in [3.63, 3.8) is 0 Å². The van der Waals surface area contributed by atoms with Crippen LogP contribution in [0, 0.1) is 0 Å². The van der Waals surface area contributed by atoms with Crippen LogP contribution in [0.3, 0.4) is 0 Å². The van der Waals surface area contributed by atoms with Crippen molar-refractivity contribution in [3.05, 3.63) is 68.1 Å². The van der Waals surface area contributed by atoms with E-state index in [1.54, 1.807) is 11.6 Å². The van der Waals surface area contributed by atoms with Crippen LogP contribution in [0.15, 0.2) is 45.4 Å². The van der Waals surface area contributed by atoms with Gasteiger partial charge in [-0.15, -0.1) is 11.3 Å². The minimum atomic E-state index is -0.490. The summed E-state index contributed by atoms with van der Waals surface area (Å²) in [7, 11) is 2.91. The highest BCUT2D eigenvalue weighted by atomic mass is 32.1. The first-order valence-electron chi connectivity index (χ1n) is 7.73. The molecule has 0 N–H and O–H groups in total. The van der Waals surface area contributed by atoms with Crippen molar-refractivity contribution in [2.75, 3.05) is 0 Å². The molecule has 3 rings (SSSR count). The fraction of sp³-hybridized carbons (Fsp3) is 0.235. The summed E-state index contributed by atoms with van der Waals surface area (Å²) >= 11 is 1.40. The average molecular weight is 372 g/mol. The maximum atomic E-state index is 12.0. The number of ether oxygens (including phenoxy) is 1. The van der Waals surface area contributed by atoms with Crippen molar-refractivity contribution in [3.8, 4) is 10.7 Å². The van der Waals surface area contributed by atoms with Crippen LogP contribution < -0.4 is 11.2 Å². The van der Waals surface area contributed by atoms with Crippen LogP contribution >= 0.6 is 11.3 Å². The number of thiazole rings is 1. The third-order valence-corrected chi connectivity index (χ3v) is 4.68. The molecule has 0 aromatic carbocycles. The van der Waals surface area contributed by atoms with Crippen LogP contribution in [0.25, 0.3) is 10.7 Å². The third-order valence-electron chi connectivity index (χ3n) is 3.77. The van der Waals surface area contributed by atoms with E-state index in [0.29, 0.717) is 11.4 Å². The van der Waals surface area contributed by atoms with Crippen LogP contribution in [0.5, 0.6) is 0 Å². The van der Waals surface area contributed by atoms with Gasteiger partial charge < -0.3 is 4.74 Å². The molecule has 0 fully saturated rings. The van der Waals surface area contributed by atoms with Crippen LogP contribution in [0.2, 0.25) is 0 Å². The Morgan fingerprint density at radius 1 is 1.23 bits per heavy atom. The second kappa shape index (κ2) is 7.44. The second-order valence-electron chi connectivity index (χ2n) is 5.57. The van der Waals surface area contributed by atoms with Crippen molar-refractivity contribution in [1.29, 1.82) is 0 Å². The first-order chi connectivity index (χ1) is 12.5. The zero-order valence-electron chi connectivity index (χ0n) is 14.2. The summed E-state index contributed by atoms with van der Waals surface area (Å²) in [5.74, 6) is -0.490. The molecule has 0 saturated carbocycles. The van der Waals surface area contributed by atoms with Gasteiger partial charge in [-0.1, -0.05) is 6.07 Å². The van der Waals surface area contributed by atoms with E-state index in [-0.39, 0.29) is 13.0 Å². The SMILES string of the molecule is Cn1c(COC(=O)Cc2csc(-c3ccccn3)n2)cc(=O)n(C)c1=O. The number of pyridine rings is 1. The standard InChI is InChI=1S/C17H16N4O4S/c1-20-12(8-14(22)21(2)17(20)24)9-25-15(23)7-11-10-26-16(19-11)13-5-3-4-6-18-13/h3-6,8,10H,7,9H2,1-2H3. The number of aromatic nitrogens is 4. The minimum absolute atomic E-state index is 0.00211. The van der Waals surface area contributed by atoms with Crippen molar-refractivity contribution in [2.24, 2.45) is 14.1 Å². The molecule has 0 radical (unpaired) electrons. The molecule has 134 valence electrons. The Hall–Kier alpha value is -3.07. The average Bonchev–Trinajstić information content (AvgIpc) is 3.11. The fourth-order valence-electron chi connectivity index (χ4n) is 2.27. The number of esters is 1. The molecule has 0 saturated heterocycles. The lowest BCUT2D eigenvalue weighted by Crippen LogP contribution is -2.38. The maximum absolute atomic E-state index is 12.0. The molecule has 0 spiro atoms. The van der Waals surface area contributed by atoms with Crippen LogP contribution in [0.1, 0.15) is 11.4 Å². The van der Waals surface area contributed by atoms with Gasteiger partial charge in [-0.25, -0.2) is 9.78 Å². The van der Waals surface area contributed by atoms with E-state index in [9.17, 15) is 14.4 Å². The second-order valence-corrected chi connectivity index (χ2v) is 6.43. The van der Waals surface area contributed by atoms with Crippen LogP contribution in [-0.2, 0) is 36.7 Å². The van der Waals surface area contributed by atoms with E-state index >= 15 is 0 Å². The number of carbonyl (C=O) groups is 1. The number of rotatable bonds is 5. The van der Waals surface area contributed by atoms with E-state index in [0.717, 1.165) is 15.3 Å². The van der Waals surface area contributed by atoms with E-state index < -0.39 is 17.2 Å². The molecule has 0 amide bonds. The van der Waals surface area contributed by atoms with Gasteiger partial charge in [0.15, 0.2) is 0 Å². The van der Waals surface area contributed by atoms with Gasteiger partial charge in [-0.3, -0.25) is 23.7 Å². The molecular weight excluding hydrogens is 356 g/mol. The van der Waals surface area contributed by atoms with Gasteiger partial charge >= 0.3 is 11.7 Å². The molecule has 26 heavy (non-hydrogen) atoms.